The van der Waals surface area contributed by atoms with Gasteiger partial charge in [0.25, 0.3) is 0 Å². The van der Waals surface area contributed by atoms with Gasteiger partial charge in [0.1, 0.15) is 0 Å². The number of nitrogens with zero attached hydrogens (tertiary/aromatic N) is 2. The van der Waals surface area contributed by atoms with E-state index in [2.05, 4.69) is 27.3 Å². The molecule has 2 heterocycles. The molecule has 0 atom stereocenters. The van der Waals surface area contributed by atoms with E-state index in [4.69, 9.17) is 4.74 Å². The molecule has 0 radical (unpaired) electrons. The molecule has 1 N–H and O–H groups in total. The Hall–Kier alpha value is -1.13. The molecular weight excluding hydrogens is 226 g/mol. The number of ether oxygens (including phenoxy) is 1. The maximum Gasteiger partial charge on any atom is 0.0641 e. The Labute approximate surface area is 108 Å². The second-order valence-corrected chi connectivity index (χ2v) is 5.11. The van der Waals surface area contributed by atoms with Crippen molar-refractivity contribution in [3.8, 4) is 0 Å². The molecule has 1 aliphatic carbocycles. The van der Waals surface area contributed by atoms with Crippen LogP contribution in [0.4, 0.5) is 5.69 Å². The molecule has 2 fully saturated rings. The topological polar surface area (TPSA) is 37.4 Å². The lowest BCUT2D eigenvalue weighted by Gasteiger charge is -2.22. The maximum absolute atomic E-state index is 5.49. The fourth-order valence-corrected chi connectivity index (χ4v) is 2.30. The zero-order valence-electron chi connectivity index (χ0n) is 10.8. The molecule has 4 nitrogen and oxygen atoms in total. The van der Waals surface area contributed by atoms with Crippen molar-refractivity contribution in [1.29, 1.82) is 0 Å². The molecule has 3 rings (SSSR count). The van der Waals surface area contributed by atoms with Crippen molar-refractivity contribution in [3.63, 3.8) is 0 Å². The Balaban J connectivity index is 1.64. The monoisotopic (exact) mass is 247 g/mol. The molecule has 18 heavy (non-hydrogen) atoms. The highest BCUT2D eigenvalue weighted by Gasteiger charge is 2.20. The number of rotatable bonds is 4. The molecular formula is C14H21N3O. The summed E-state index contributed by atoms with van der Waals surface area (Å²) in [6.07, 6.45) is 5.68. The number of nitrogens with one attached hydrogen (secondary N) is 1. The van der Waals surface area contributed by atoms with E-state index in [0.29, 0.717) is 0 Å². The van der Waals surface area contributed by atoms with Gasteiger partial charge in [0.2, 0.25) is 0 Å². The fourth-order valence-electron chi connectivity index (χ4n) is 2.30. The molecule has 0 amide bonds. The summed E-state index contributed by atoms with van der Waals surface area (Å²) in [6.45, 7) is 4.68. The highest BCUT2D eigenvalue weighted by atomic mass is 16.5. The van der Waals surface area contributed by atoms with Crippen LogP contribution in [0.2, 0.25) is 0 Å². The van der Waals surface area contributed by atoms with Gasteiger partial charge in [-0.3, -0.25) is 4.98 Å². The molecule has 1 aliphatic heterocycles. The normalized spacial score (nSPS) is 20.8. The van der Waals surface area contributed by atoms with Gasteiger partial charge < -0.3 is 15.0 Å². The minimum Gasteiger partial charge on any atom is -0.380 e. The SMILES string of the molecule is c1cc(N2CCCOCC2)cc(CNC2CC2)n1. The largest absolute Gasteiger partial charge is 0.380 e. The van der Waals surface area contributed by atoms with E-state index in [1.54, 1.807) is 0 Å². The van der Waals surface area contributed by atoms with Crippen molar-refractivity contribution < 1.29 is 4.74 Å². The molecule has 98 valence electrons. The number of pyridine rings is 1. The molecule has 2 aliphatic rings. The summed E-state index contributed by atoms with van der Waals surface area (Å²) in [5, 5.41) is 3.51. The maximum atomic E-state index is 5.49. The van der Waals surface area contributed by atoms with E-state index in [9.17, 15) is 0 Å². The number of hydrogen-bond donors (Lipinski definition) is 1. The van der Waals surface area contributed by atoms with Crippen molar-refractivity contribution in [2.75, 3.05) is 31.2 Å². The number of anilines is 1. The average molecular weight is 247 g/mol. The summed E-state index contributed by atoms with van der Waals surface area (Å²) < 4.78 is 5.49. The molecule has 1 aromatic heterocycles. The first-order chi connectivity index (χ1) is 8.92. The zero-order valence-corrected chi connectivity index (χ0v) is 10.8. The predicted octanol–water partition coefficient (Wildman–Crippen LogP) is 1.56. The Bertz CT molecular complexity index is 384. The third kappa shape index (κ3) is 3.21. The van der Waals surface area contributed by atoms with E-state index in [-0.39, 0.29) is 0 Å². The van der Waals surface area contributed by atoms with Crippen molar-refractivity contribution in [1.82, 2.24) is 10.3 Å². The van der Waals surface area contributed by atoms with Gasteiger partial charge in [-0.2, -0.15) is 0 Å². The highest BCUT2D eigenvalue weighted by Crippen LogP contribution is 2.20. The highest BCUT2D eigenvalue weighted by molar-refractivity contribution is 5.46. The van der Waals surface area contributed by atoms with Crippen LogP contribution in [0.25, 0.3) is 0 Å². The number of hydrogen-bond acceptors (Lipinski definition) is 4. The summed E-state index contributed by atoms with van der Waals surface area (Å²) in [6, 6.07) is 5.05. The van der Waals surface area contributed by atoms with Gasteiger partial charge in [0.05, 0.1) is 12.3 Å². The molecule has 1 saturated heterocycles. The Morgan fingerprint density at radius 2 is 2.28 bits per heavy atom. The van der Waals surface area contributed by atoms with Gasteiger partial charge in [-0.15, -0.1) is 0 Å². The van der Waals surface area contributed by atoms with E-state index >= 15 is 0 Å². The van der Waals surface area contributed by atoms with E-state index in [1.165, 1.54) is 18.5 Å². The van der Waals surface area contributed by atoms with Gasteiger partial charge in [-0.1, -0.05) is 0 Å². The quantitative estimate of drug-likeness (QED) is 0.876. The van der Waals surface area contributed by atoms with Crippen molar-refractivity contribution >= 4 is 5.69 Å². The lowest BCUT2D eigenvalue weighted by molar-refractivity contribution is 0.152. The van der Waals surface area contributed by atoms with Crippen LogP contribution < -0.4 is 10.2 Å². The Morgan fingerprint density at radius 1 is 1.33 bits per heavy atom. The van der Waals surface area contributed by atoms with Crippen molar-refractivity contribution in [2.45, 2.75) is 31.8 Å². The minimum atomic E-state index is 0.738. The van der Waals surface area contributed by atoms with Crippen LogP contribution in [0.3, 0.4) is 0 Å². The van der Waals surface area contributed by atoms with Crippen LogP contribution in [-0.2, 0) is 11.3 Å². The third-order valence-electron chi connectivity index (χ3n) is 3.54. The second kappa shape index (κ2) is 5.67. The molecule has 1 saturated carbocycles. The zero-order chi connectivity index (χ0) is 12.2. The van der Waals surface area contributed by atoms with Crippen LogP contribution in [-0.4, -0.2) is 37.3 Å². The van der Waals surface area contributed by atoms with Crippen LogP contribution in [0, 0.1) is 0 Å². The molecule has 4 heteroatoms. The first-order valence-corrected chi connectivity index (χ1v) is 6.93. The van der Waals surface area contributed by atoms with E-state index in [1.807, 2.05) is 6.20 Å². The standard InChI is InChI=1S/C14H21N3O/c1-6-17(7-9-18-8-1)14-4-5-15-13(10-14)11-16-12-2-3-12/h4-5,10,12,16H,1-3,6-9,11H2. The van der Waals surface area contributed by atoms with Crippen LogP contribution >= 0.6 is 0 Å². The molecule has 1 aromatic rings. The third-order valence-corrected chi connectivity index (χ3v) is 3.54. The van der Waals surface area contributed by atoms with Crippen molar-refractivity contribution in [2.24, 2.45) is 0 Å². The summed E-state index contributed by atoms with van der Waals surface area (Å²) in [5.41, 5.74) is 2.42. The molecule has 0 spiro atoms. The van der Waals surface area contributed by atoms with E-state index in [0.717, 1.165) is 51.0 Å². The first-order valence-electron chi connectivity index (χ1n) is 6.93. The summed E-state index contributed by atoms with van der Waals surface area (Å²) >= 11 is 0. The number of aromatic nitrogens is 1. The van der Waals surface area contributed by atoms with E-state index < -0.39 is 0 Å². The van der Waals surface area contributed by atoms with Gasteiger partial charge >= 0.3 is 0 Å². The molecule has 0 unspecified atom stereocenters. The average Bonchev–Trinajstić information content (AvgIpc) is 3.24. The van der Waals surface area contributed by atoms with Gasteiger partial charge in [0.15, 0.2) is 0 Å². The summed E-state index contributed by atoms with van der Waals surface area (Å²) in [5.74, 6) is 0. The first kappa shape index (κ1) is 11.9. The second-order valence-electron chi connectivity index (χ2n) is 5.11. The van der Waals surface area contributed by atoms with Crippen LogP contribution in [0.15, 0.2) is 18.3 Å². The van der Waals surface area contributed by atoms with Crippen molar-refractivity contribution in [3.05, 3.63) is 24.0 Å². The Morgan fingerprint density at radius 3 is 3.17 bits per heavy atom. The summed E-state index contributed by atoms with van der Waals surface area (Å²) in [4.78, 5) is 6.84. The smallest absolute Gasteiger partial charge is 0.0641 e. The minimum absolute atomic E-state index is 0.738. The van der Waals surface area contributed by atoms with Crippen LogP contribution in [0.5, 0.6) is 0 Å². The lowest BCUT2D eigenvalue weighted by Crippen LogP contribution is -2.26. The summed E-state index contributed by atoms with van der Waals surface area (Å²) in [7, 11) is 0. The predicted molar refractivity (Wildman–Crippen MR) is 71.7 cm³/mol. The lowest BCUT2D eigenvalue weighted by atomic mass is 10.2. The molecule has 0 aromatic carbocycles. The fraction of sp³-hybridized carbons (Fsp3) is 0.643. The van der Waals surface area contributed by atoms with Crippen LogP contribution in [0.1, 0.15) is 25.0 Å². The van der Waals surface area contributed by atoms with Gasteiger partial charge in [-0.25, -0.2) is 0 Å². The van der Waals surface area contributed by atoms with Gasteiger partial charge in [-0.05, 0) is 31.4 Å². The molecule has 0 bridgehead atoms. The van der Waals surface area contributed by atoms with Gasteiger partial charge in [0, 0.05) is 44.2 Å². The Kier molecular flexibility index (Phi) is 3.76.